The predicted octanol–water partition coefficient (Wildman–Crippen LogP) is 2.08. The molecule has 3 saturated heterocycles. The topological polar surface area (TPSA) is 45.7 Å². The number of hydrogen-bond acceptors (Lipinski definition) is 4. The highest BCUT2D eigenvalue weighted by molar-refractivity contribution is 6.00. The third kappa shape index (κ3) is 2.76. The summed E-state index contributed by atoms with van der Waals surface area (Å²) in [4.78, 5) is 21.8. The molecule has 4 rings (SSSR count). The minimum absolute atomic E-state index is 0.174. The first-order valence-corrected chi connectivity index (χ1v) is 8.82. The zero-order valence-electron chi connectivity index (χ0n) is 13.6. The Balaban J connectivity index is 1.50. The van der Waals surface area contributed by atoms with Crippen molar-refractivity contribution in [3.05, 3.63) is 24.5 Å². The maximum atomic E-state index is 13.2. The van der Waals surface area contributed by atoms with Gasteiger partial charge < -0.3 is 9.64 Å². The average molecular weight is 315 g/mol. The average Bonchev–Trinajstić information content (AvgIpc) is 2.93. The molecule has 0 radical (unpaired) electrons. The highest BCUT2D eigenvalue weighted by Crippen LogP contribution is 2.42. The molecule has 0 aromatic carbocycles. The van der Waals surface area contributed by atoms with Crippen LogP contribution >= 0.6 is 0 Å². The van der Waals surface area contributed by atoms with Crippen LogP contribution in [0.15, 0.2) is 24.5 Å². The van der Waals surface area contributed by atoms with E-state index < -0.39 is 0 Å². The quantitative estimate of drug-likeness (QED) is 0.838. The Bertz CT molecular complexity index is 559. The van der Waals surface area contributed by atoms with E-state index in [9.17, 15) is 4.79 Å². The molecule has 0 saturated carbocycles. The van der Waals surface area contributed by atoms with E-state index in [2.05, 4.69) is 9.88 Å². The van der Waals surface area contributed by atoms with Gasteiger partial charge in [-0.1, -0.05) is 0 Å². The van der Waals surface area contributed by atoms with E-state index in [4.69, 9.17) is 4.74 Å². The number of rotatable bonds is 2. The first-order valence-electron chi connectivity index (χ1n) is 8.82. The van der Waals surface area contributed by atoms with Gasteiger partial charge in [0.15, 0.2) is 0 Å². The molecule has 1 unspecified atom stereocenters. The van der Waals surface area contributed by atoms with E-state index in [0.29, 0.717) is 11.9 Å². The van der Waals surface area contributed by atoms with E-state index in [0.717, 1.165) is 70.6 Å². The van der Waals surface area contributed by atoms with Gasteiger partial charge in [-0.2, -0.15) is 0 Å². The first-order chi connectivity index (χ1) is 11.3. The molecule has 0 N–H and O–H groups in total. The zero-order valence-corrected chi connectivity index (χ0v) is 13.6. The van der Waals surface area contributed by atoms with Gasteiger partial charge >= 0.3 is 0 Å². The number of carbonyl (C=O) groups is 1. The van der Waals surface area contributed by atoms with Crippen LogP contribution in [0.3, 0.4) is 0 Å². The molecule has 0 bridgehead atoms. The predicted molar refractivity (Wildman–Crippen MR) is 88.3 cm³/mol. The Labute approximate surface area is 137 Å². The fourth-order valence-corrected chi connectivity index (χ4v) is 4.49. The number of hydrogen-bond donors (Lipinski definition) is 0. The molecule has 3 fully saturated rings. The van der Waals surface area contributed by atoms with Crippen molar-refractivity contribution in [1.82, 2.24) is 9.88 Å². The zero-order chi connectivity index (χ0) is 15.7. The molecule has 1 aromatic heterocycles. The maximum Gasteiger partial charge on any atom is 0.234 e. The molecule has 3 aliphatic rings. The number of pyridine rings is 1. The second-order valence-electron chi connectivity index (χ2n) is 7.12. The highest BCUT2D eigenvalue weighted by atomic mass is 16.5. The Hall–Kier alpha value is -1.46. The SMILES string of the molecule is O=C1N(c2cccnc2)CCC12CCCN(C1CCOCC1)C2. The summed E-state index contributed by atoms with van der Waals surface area (Å²) in [5.74, 6) is 0.308. The minimum atomic E-state index is -0.174. The highest BCUT2D eigenvalue weighted by Gasteiger charge is 2.50. The molecule has 124 valence electrons. The van der Waals surface area contributed by atoms with Crippen molar-refractivity contribution in [3.8, 4) is 0 Å². The van der Waals surface area contributed by atoms with Crippen LogP contribution in [0.2, 0.25) is 0 Å². The summed E-state index contributed by atoms with van der Waals surface area (Å²) < 4.78 is 5.49. The van der Waals surface area contributed by atoms with Crippen LogP contribution in [0.1, 0.15) is 32.1 Å². The number of piperidine rings is 1. The number of ether oxygens (including phenoxy) is 1. The Morgan fingerprint density at radius 3 is 2.87 bits per heavy atom. The van der Waals surface area contributed by atoms with Crippen LogP contribution in [-0.4, -0.2) is 54.7 Å². The van der Waals surface area contributed by atoms with Crippen molar-refractivity contribution in [2.75, 3.05) is 37.7 Å². The lowest BCUT2D eigenvalue weighted by Crippen LogP contribution is -2.52. The molecule has 1 spiro atoms. The lowest BCUT2D eigenvalue weighted by molar-refractivity contribution is -0.129. The monoisotopic (exact) mass is 315 g/mol. The van der Waals surface area contributed by atoms with Crippen molar-refractivity contribution in [3.63, 3.8) is 0 Å². The van der Waals surface area contributed by atoms with Crippen LogP contribution < -0.4 is 4.90 Å². The number of anilines is 1. The van der Waals surface area contributed by atoms with Crippen molar-refractivity contribution >= 4 is 11.6 Å². The van der Waals surface area contributed by atoms with Gasteiger partial charge in [-0.05, 0) is 50.8 Å². The number of aromatic nitrogens is 1. The van der Waals surface area contributed by atoms with Crippen LogP contribution in [0.25, 0.3) is 0 Å². The maximum absolute atomic E-state index is 13.2. The third-order valence-electron chi connectivity index (χ3n) is 5.78. The summed E-state index contributed by atoms with van der Waals surface area (Å²) in [7, 11) is 0. The van der Waals surface area contributed by atoms with Gasteiger partial charge in [0.2, 0.25) is 5.91 Å². The molecule has 3 aliphatic heterocycles. The van der Waals surface area contributed by atoms with Gasteiger partial charge in [0.25, 0.3) is 0 Å². The lowest BCUT2D eigenvalue weighted by Gasteiger charge is -2.43. The van der Waals surface area contributed by atoms with E-state index in [1.54, 1.807) is 12.4 Å². The third-order valence-corrected chi connectivity index (χ3v) is 5.78. The molecule has 1 aromatic rings. The molecule has 23 heavy (non-hydrogen) atoms. The fourth-order valence-electron chi connectivity index (χ4n) is 4.49. The van der Waals surface area contributed by atoms with Gasteiger partial charge in [-0.3, -0.25) is 14.7 Å². The number of carbonyl (C=O) groups excluding carboxylic acids is 1. The van der Waals surface area contributed by atoms with Crippen LogP contribution in [0.5, 0.6) is 0 Å². The van der Waals surface area contributed by atoms with Crippen molar-refractivity contribution in [1.29, 1.82) is 0 Å². The Kier molecular flexibility index (Phi) is 4.07. The van der Waals surface area contributed by atoms with E-state index in [-0.39, 0.29) is 5.41 Å². The summed E-state index contributed by atoms with van der Waals surface area (Å²) in [5, 5.41) is 0. The van der Waals surface area contributed by atoms with Gasteiger partial charge in [-0.25, -0.2) is 0 Å². The summed E-state index contributed by atoms with van der Waals surface area (Å²) in [5.41, 5.74) is 0.768. The molecular formula is C18H25N3O2. The first kappa shape index (κ1) is 15.1. The van der Waals surface area contributed by atoms with Gasteiger partial charge in [-0.15, -0.1) is 0 Å². The second-order valence-corrected chi connectivity index (χ2v) is 7.12. The fraction of sp³-hybridized carbons (Fsp3) is 0.667. The van der Waals surface area contributed by atoms with Crippen LogP contribution in [0.4, 0.5) is 5.69 Å². The Morgan fingerprint density at radius 1 is 1.22 bits per heavy atom. The molecule has 1 amide bonds. The molecule has 0 aliphatic carbocycles. The summed E-state index contributed by atoms with van der Waals surface area (Å²) in [6.07, 6.45) is 8.91. The van der Waals surface area contributed by atoms with Crippen LogP contribution in [0, 0.1) is 5.41 Å². The van der Waals surface area contributed by atoms with E-state index in [1.807, 2.05) is 17.0 Å². The largest absolute Gasteiger partial charge is 0.381 e. The van der Waals surface area contributed by atoms with Crippen LogP contribution in [-0.2, 0) is 9.53 Å². The normalized spacial score (nSPS) is 30.3. The molecule has 1 atom stereocenters. The van der Waals surface area contributed by atoms with E-state index in [1.165, 1.54) is 0 Å². The van der Waals surface area contributed by atoms with Gasteiger partial charge in [0, 0.05) is 38.5 Å². The van der Waals surface area contributed by atoms with Crippen molar-refractivity contribution < 1.29 is 9.53 Å². The molecular weight excluding hydrogens is 290 g/mol. The van der Waals surface area contributed by atoms with Crippen molar-refractivity contribution in [2.24, 2.45) is 5.41 Å². The smallest absolute Gasteiger partial charge is 0.234 e. The Morgan fingerprint density at radius 2 is 2.09 bits per heavy atom. The summed E-state index contributed by atoms with van der Waals surface area (Å²) >= 11 is 0. The molecule has 5 heteroatoms. The number of nitrogens with zero attached hydrogens (tertiary/aromatic N) is 3. The minimum Gasteiger partial charge on any atom is -0.381 e. The van der Waals surface area contributed by atoms with E-state index >= 15 is 0 Å². The molecule has 4 heterocycles. The van der Waals surface area contributed by atoms with Gasteiger partial charge in [0.1, 0.15) is 0 Å². The second kappa shape index (κ2) is 6.21. The molecule has 5 nitrogen and oxygen atoms in total. The standard InChI is InChI=1S/C18H25N3O2/c22-17-18(7-10-21(17)16-3-1-8-19-13-16)6-2-9-20(14-18)15-4-11-23-12-5-15/h1,3,8,13,15H,2,4-7,9-12,14H2. The summed E-state index contributed by atoms with van der Waals surface area (Å²) in [6, 6.07) is 4.49. The van der Waals surface area contributed by atoms with Crippen molar-refractivity contribution in [2.45, 2.75) is 38.1 Å². The van der Waals surface area contributed by atoms with Gasteiger partial charge in [0.05, 0.1) is 17.3 Å². The summed E-state index contributed by atoms with van der Waals surface area (Å²) in [6.45, 7) is 4.61. The number of likely N-dealkylation sites (tertiary alicyclic amines) is 1. The lowest BCUT2D eigenvalue weighted by atomic mass is 9.77. The number of amides is 1.